The van der Waals surface area contributed by atoms with Crippen molar-refractivity contribution >= 4 is 68.7 Å². The summed E-state index contributed by atoms with van der Waals surface area (Å²) in [5.41, 5.74) is 5.13. The highest BCUT2D eigenvalue weighted by atomic mass is 32.1. The Morgan fingerprint density at radius 1 is 0.600 bits per heavy atom. The van der Waals surface area contributed by atoms with Gasteiger partial charge in [-0.2, -0.15) is 5.10 Å². The van der Waals surface area contributed by atoms with Crippen molar-refractivity contribution in [2.24, 2.45) is 28.8 Å². The lowest BCUT2D eigenvalue weighted by Gasteiger charge is -2.26. The highest BCUT2D eigenvalue weighted by Crippen LogP contribution is 2.34. The Bertz CT molecular complexity index is 2650. The van der Waals surface area contributed by atoms with Crippen molar-refractivity contribution in [1.82, 2.24) is 4.98 Å². The van der Waals surface area contributed by atoms with Crippen molar-refractivity contribution in [3.63, 3.8) is 0 Å². The number of carbonyl (C=O) groups excluding carboxylic acids is 6. The summed E-state index contributed by atoms with van der Waals surface area (Å²) >= 11 is 1.44. The highest BCUT2D eigenvalue weighted by molar-refractivity contribution is 7.22. The molecule has 0 aliphatic heterocycles. The maximum absolute atomic E-state index is 13.6. The van der Waals surface area contributed by atoms with Gasteiger partial charge >= 0.3 is 35.8 Å². The molecule has 2 saturated carbocycles. The molecule has 364 valence electrons. The van der Waals surface area contributed by atoms with Crippen LogP contribution >= 0.6 is 11.3 Å². The Balaban J connectivity index is 0.882. The summed E-state index contributed by atoms with van der Waals surface area (Å²) in [5, 5.41) is 5.00. The maximum atomic E-state index is 13.6. The summed E-state index contributed by atoms with van der Waals surface area (Å²) in [6, 6.07) is 25.7. The van der Waals surface area contributed by atoms with Crippen LogP contribution in [0, 0.1) is 23.7 Å². The molecular formula is C52H51N3O14S. The maximum Gasteiger partial charge on any atom is 0.333 e. The normalized spacial score (nSPS) is 17.6. The molecule has 1 N–H and O–H groups in total. The molecule has 7 rings (SSSR count). The van der Waals surface area contributed by atoms with E-state index in [1.807, 2.05) is 30.3 Å². The molecule has 0 spiro atoms. The van der Waals surface area contributed by atoms with Gasteiger partial charge in [-0.1, -0.05) is 42.7 Å². The molecule has 2 fully saturated rings. The quantitative estimate of drug-likeness (QED) is 0.0138. The number of esters is 6. The number of carbonyl (C=O) groups is 6. The second-order valence-electron chi connectivity index (χ2n) is 16.3. The highest BCUT2D eigenvalue weighted by Gasteiger charge is 2.34. The predicted molar refractivity (Wildman–Crippen MR) is 256 cm³/mol. The topological polar surface area (TPSA) is 214 Å². The molecule has 4 aromatic carbocycles. The fraction of sp³-hybridized carbons (Fsp3) is 0.308. The second-order valence-corrected chi connectivity index (χ2v) is 17.3. The van der Waals surface area contributed by atoms with E-state index in [9.17, 15) is 28.8 Å². The average Bonchev–Trinajstić information content (AvgIpc) is 3.81. The lowest BCUT2D eigenvalue weighted by Crippen LogP contribution is -2.30. The van der Waals surface area contributed by atoms with E-state index in [0.29, 0.717) is 97.2 Å². The minimum atomic E-state index is -0.610. The number of fused-ring (bicyclic) bond motifs is 1. The first-order chi connectivity index (χ1) is 34.0. The van der Waals surface area contributed by atoms with Gasteiger partial charge in [0.2, 0.25) is 18.7 Å². The third kappa shape index (κ3) is 14.6. The monoisotopic (exact) mass is 973 g/mol. The van der Waals surface area contributed by atoms with Gasteiger partial charge < -0.3 is 37.9 Å². The Labute approximate surface area is 407 Å². The fourth-order valence-corrected chi connectivity index (χ4v) is 8.58. The van der Waals surface area contributed by atoms with Crippen LogP contribution in [-0.4, -0.2) is 67.2 Å². The van der Waals surface area contributed by atoms with E-state index < -0.39 is 35.7 Å². The van der Waals surface area contributed by atoms with Gasteiger partial charge in [0, 0.05) is 24.1 Å². The van der Waals surface area contributed by atoms with E-state index in [2.05, 4.69) is 28.7 Å². The number of hydrogen-bond acceptors (Lipinski definition) is 18. The number of aromatic nitrogens is 1. The summed E-state index contributed by atoms with van der Waals surface area (Å²) in [4.78, 5) is 79.6. The SMILES string of the molecule is C=CC(=O)OCOc1ccc(OC(=O)C2CCC(C(=O)OCCc3ccc(OC(=O)C4CCC(C(=O)Oc5ccc(OCOC(=O)C=C)cc5)CC4)c(/C=N/Nc4nc5ccccc5s4)c3)CC2)cc1. The van der Waals surface area contributed by atoms with Crippen LogP contribution in [0.4, 0.5) is 5.13 Å². The summed E-state index contributed by atoms with van der Waals surface area (Å²) in [7, 11) is 0. The average molecular weight is 974 g/mol. The van der Waals surface area contributed by atoms with Gasteiger partial charge in [0.25, 0.3) is 0 Å². The second kappa shape index (κ2) is 25.0. The molecule has 2 aliphatic rings. The van der Waals surface area contributed by atoms with E-state index in [4.69, 9.17) is 37.9 Å². The number of hydrazone groups is 1. The van der Waals surface area contributed by atoms with Crippen LogP contribution in [0.3, 0.4) is 0 Å². The van der Waals surface area contributed by atoms with Gasteiger partial charge in [-0.05, 0) is 130 Å². The van der Waals surface area contributed by atoms with Crippen molar-refractivity contribution in [2.45, 2.75) is 57.8 Å². The summed E-state index contributed by atoms with van der Waals surface area (Å²) < 4.78 is 44.1. The Hall–Kier alpha value is -7.86. The van der Waals surface area contributed by atoms with Crippen molar-refractivity contribution in [3.05, 3.63) is 127 Å². The Kier molecular flexibility index (Phi) is 17.8. The minimum absolute atomic E-state index is 0.108. The van der Waals surface area contributed by atoms with Crippen molar-refractivity contribution in [1.29, 1.82) is 0 Å². The van der Waals surface area contributed by atoms with Gasteiger partial charge in [0.15, 0.2) is 0 Å². The molecule has 2 aliphatic carbocycles. The molecular weight excluding hydrogens is 923 g/mol. The molecule has 0 amide bonds. The van der Waals surface area contributed by atoms with Gasteiger partial charge in [-0.25, -0.2) is 14.6 Å². The van der Waals surface area contributed by atoms with Gasteiger partial charge in [-0.3, -0.25) is 24.6 Å². The Morgan fingerprint density at radius 2 is 1.09 bits per heavy atom. The number of nitrogens with zero attached hydrogens (tertiary/aromatic N) is 2. The van der Waals surface area contributed by atoms with Gasteiger partial charge in [0.05, 0.1) is 46.7 Å². The zero-order chi connectivity index (χ0) is 49.2. The van der Waals surface area contributed by atoms with E-state index >= 15 is 0 Å². The predicted octanol–water partition coefficient (Wildman–Crippen LogP) is 8.69. The molecule has 18 heteroatoms. The molecule has 5 aromatic rings. The minimum Gasteiger partial charge on any atom is -0.465 e. The zero-order valence-corrected chi connectivity index (χ0v) is 38.9. The van der Waals surface area contributed by atoms with Gasteiger partial charge in [0.1, 0.15) is 28.7 Å². The Morgan fingerprint density at radius 3 is 1.60 bits per heavy atom. The van der Waals surface area contributed by atoms with Crippen LogP contribution in [0.15, 0.2) is 121 Å². The third-order valence-corrected chi connectivity index (χ3v) is 12.6. The molecule has 17 nitrogen and oxygen atoms in total. The molecule has 0 atom stereocenters. The number of rotatable bonds is 21. The van der Waals surface area contributed by atoms with Crippen LogP contribution in [-0.2, 0) is 49.4 Å². The first kappa shape index (κ1) is 50.0. The van der Waals surface area contributed by atoms with Crippen molar-refractivity contribution in [2.75, 3.05) is 25.6 Å². The fourth-order valence-electron chi connectivity index (χ4n) is 7.77. The van der Waals surface area contributed by atoms with Crippen LogP contribution in [0.1, 0.15) is 62.5 Å². The summed E-state index contributed by atoms with van der Waals surface area (Å²) in [6.45, 7) is 6.18. The van der Waals surface area contributed by atoms with Crippen molar-refractivity contribution < 1.29 is 66.7 Å². The van der Waals surface area contributed by atoms with Crippen LogP contribution < -0.4 is 29.1 Å². The van der Waals surface area contributed by atoms with E-state index in [1.54, 1.807) is 66.9 Å². The molecule has 0 unspecified atom stereocenters. The van der Waals surface area contributed by atoms with E-state index in [0.717, 1.165) is 27.9 Å². The van der Waals surface area contributed by atoms with Crippen LogP contribution in [0.5, 0.6) is 28.7 Å². The molecule has 70 heavy (non-hydrogen) atoms. The first-order valence-corrected chi connectivity index (χ1v) is 23.5. The zero-order valence-electron chi connectivity index (χ0n) is 38.1. The lowest BCUT2D eigenvalue weighted by atomic mass is 9.82. The number of ether oxygens (including phenoxy) is 8. The van der Waals surface area contributed by atoms with Crippen LogP contribution in [0.25, 0.3) is 10.2 Å². The lowest BCUT2D eigenvalue weighted by molar-refractivity contribution is -0.152. The summed E-state index contributed by atoms with van der Waals surface area (Å²) in [5.74, 6) is -2.50. The van der Waals surface area contributed by atoms with Gasteiger partial charge in [-0.15, -0.1) is 0 Å². The number of hydrogen-bond donors (Lipinski definition) is 1. The number of benzene rings is 4. The van der Waals surface area contributed by atoms with Crippen molar-refractivity contribution in [3.8, 4) is 28.7 Å². The van der Waals surface area contributed by atoms with Crippen LogP contribution in [0.2, 0.25) is 0 Å². The molecule has 1 heterocycles. The molecule has 1 aromatic heterocycles. The smallest absolute Gasteiger partial charge is 0.333 e. The number of anilines is 1. The standard InChI is InChI=1S/C52H51N3O14S/c1-3-46(56)65-31-63-39-18-22-41(23-19-39)67-49(59)35-12-10-34(11-13-35)48(58)62-28-27-33-9-26-44(38(29-33)30-53-55-52-54-43-7-5-6-8-45(43)70-52)69-51(61)37-16-14-36(15-17-37)50(60)68-42-24-20-40(21-25-42)64-32-66-47(57)4-2/h3-9,18-26,29-30,34-37H,1-2,10-17,27-28,31-32H2,(H,54,55)/b53-30+. The van der Waals surface area contributed by atoms with E-state index in [1.165, 1.54) is 11.3 Å². The number of thiazole rings is 1. The number of para-hydroxylation sites is 1. The summed E-state index contributed by atoms with van der Waals surface area (Å²) in [6.07, 6.45) is 7.63. The molecule has 0 saturated heterocycles. The molecule has 0 radical (unpaired) electrons. The first-order valence-electron chi connectivity index (χ1n) is 22.7. The molecule has 0 bridgehead atoms. The number of nitrogens with one attached hydrogen (secondary N) is 1. The largest absolute Gasteiger partial charge is 0.465 e. The van der Waals surface area contributed by atoms with E-state index in [-0.39, 0.29) is 44.0 Å². The third-order valence-electron chi connectivity index (χ3n) is 11.6.